The van der Waals surface area contributed by atoms with Gasteiger partial charge in [0.25, 0.3) is 0 Å². The third-order valence-electron chi connectivity index (χ3n) is 3.90. The SMILES string of the molecule is CN1CCC(c2ccc(CC(C)(C)C)cc2)CC1. The van der Waals surface area contributed by atoms with E-state index >= 15 is 0 Å². The van der Waals surface area contributed by atoms with Crippen LogP contribution in [0.2, 0.25) is 0 Å². The highest BCUT2D eigenvalue weighted by molar-refractivity contribution is 5.26. The first-order valence-corrected chi connectivity index (χ1v) is 7.21. The Morgan fingerprint density at radius 3 is 2.11 bits per heavy atom. The lowest BCUT2D eigenvalue weighted by molar-refractivity contribution is 0.255. The number of nitrogens with zero attached hydrogens (tertiary/aromatic N) is 1. The van der Waals surface area contributed by atoms with Gasteiger partial charge in [0.15, 0.2) is 0 Å². The van der Waals surface area contributed by atoms with Gasteiger partial charge in [0.2, 0.25) is 0 Å². The largest absolute Gasteiger partial charge is 0.306 e. The van der Waals surface area contributed by atoms with E-state index in [0.29, 0.717) is 5.41 Å². The number of piperidine rings is 1. The minimum atomic E-state index is 0.384. The van der Waals surface area contributed by atoms with E-state index in [1.807, 2.05) is 0 Å². The molecule has 0 aromatic heterocycles. The smallest absolute Gasteiger partial charge is 0.00159 e. The van der Waals surface area contributed by atoms with Crippen molar-refractivity contribution in [1.82, 2.24) is 4.90 Å². The van der Waals surface area contributed by atoms with E-state index in [1.54, 1.807) is 5.56 Å². The molecule has 0 saturated carbocycles. The summed E-state index contributed by atoms with van der Waals surface area (Å²) in [5.41, 5.74) is 3.40. The minimum absolute atomic E-state index is 0.384. The van der Waals surface area contributed by atoms with Crippen LogP contribution in [0.25, 0.3) is 0 Å². The Hall–Kier alpha value is -0.820. The van der Waals surface area contributed by atoms with Gasteiger partial charge < -0.3 is 4.90 Å². The van der Waals surface area contributed by atoms with Crippen molar-refractivity contribution in [3.8, 4) is 0 Å². The molecule has 1 nitrogen and oxygen atoms in total. The van der Waals surface area contributed by atoms with Gasteiger partial charge in [0.1, 0.15) is 0 Å². The zero-order chi connectivity index (χ0) is 13.2. The molecule has 1 saturated heterocycles. The summed E-state index contributed by atoms with van der Waals surface area (Å²) in [6, 6.07) is 9.38. The lowest BCUT2D eigenvalue weighted by Gasteiger charge is -2.29. The predicted octanol–water partition coefficient (Wildman–Crippen LogP) is 4.08. The van der Waals surface area contributed by atoms with Crippen LogP contribution in [0.15, 0.2) is 24.3 Å². The van der Waals surface area contributed by atoms with Gasteiger partial charge in [-0.2, -0.15) is 0 Å². The van der Waals surface area contributed by atoms with Crippen molar-refractivity contribution >= 4 is 0 Å². The van der Waals surface area contributed by atoms with Gasteiger partial charge in [-0.1, -0.05) is 45.0 Å². The molecule has 1 heterocycles. The Balaban J connectivity index is 1.99. The average molecular weight is 245 g/mol. The van der Waals surface area contributed by atoms with Crippen molar-refractivity contribution in [2.75, 3.05) is 20.1 Å². The van der Waals surface area contributed by atoms with Gasteiger partial charge in [-0.3, -0.25) is 0 Å². The molecule has 0 unspecified atom stereocenters. The number of hydrogen-bond donors (Lipinski definition) is 0. The summed E-state index contributed by atoms with van der Waals surface area (Å²) in [6.45, 7) is 9.40. The standard InChI is InChI=1S/C17H27N/c1-17(2,3)13-14-5-7-15(8-6-14)16-9-11-18(4)12-10-16/h5-8,16H,9-13H2,1-4H3. The van der Waals surface area contributed by atoms with Crippen LogP contribution in [0, 0.1) is 5.41 Å². The average Bonchev–Trinajstić information content (AvgIpc) is 2.29. The zero-order valence-electron chi connectivity index (χ0n) is 12.4. The van der Waals surface area contributed by atoms with E-state index in [4.69, 9.17) is 0 Å². The highest BCUT2D eigenvalue weighted by Crippen LogP contribution is 2.28. The van der Waals surface area contributed by atoms with E-state index in [-0.39, 0.29) is 0 Å². The molecular weight excluding hydrogens is 218 g/mol. The van der Waals surface area contributed by atoms with Crippen LogP contribution in [0.4, 0.5) is 0 Å². The molecule has 0 atom stereocenters. The topological polar surface area (TPSA) is 3.24 Å². The second-order valence-corrected chi connectivity index (χ2v) is 7.06. The summed E-state index contributed by atoms with van der Waals surface area (Å²) in [7, 11) is 2.22. The maximum absolute atomic E-state index is 2.43. The molecule has 0 N–H and O–H groups in total. The van der Waals surface area contributed by atoms with Crippen LogP contribution >= 0.6 is 0 Å². The van der Waals surface area contributed by atoms with Gasteiger partial charge in [-0.05, 0) is 61.9 Å². The Morgan fingerprint density at radius 1 is 1.06 bits per heavy atom. The van der Waals surface area contributed by atoms with Crippen molar-refractivity contribution in [3.63, 3.8) is 0 Å². The summed E-state index contributed by atoms with van der Waals surface area (Å²) in [5.74, 6) is 0.782. The van der Waals surface area contributed by atoms with Crippen LogP contribution in [-0.2, 0) is 6.42 Å². The Morgan fingerprint density at radius 2 is 1.61 bits per heavy atom. The molecule has 1 aliphatic rings. The van der Waals surface area contributed by atoms with Gasteiger partial charge >= 0.3 is 0 Å². The molecular formula is C17H27N. The molecule has 0 aliphatic carbocycles. The van der Waals surface area contributed by atoms with E-state index < -0.39 is 0 Å². The molecule has 0 amide bonds. The predicted molar refractivity (Wildman–Crippen MR) is 79.1 cm³/mol. The lowest BCUT2D eigenvalue weighted by atomic mass is 9.85. The number of rotatable bonds is 2. The highest BCUT2D eigenvalue weighted by atomic mass is 15.1. The summed E-state index contributed by atoms with van der Waals surface area (Å²) >= 11 is 0. The molecule has 0 radical (unpaired) electrons. The maximum atomic E-state index is 2.43. The highest BCUT2D eigenvalue weighted by Gasteiger charge is 2.18. The summed E-state index contributed by atoms with van der Waals surface area (Å²) in [5, 5.41) is 0. The Kier molecular flexibility index (Phi) is 4.11. The van der Waals surface area contributed by atoms with Crippen molar-refractivity contribution in [2.45, 2.75) is 46.0 Å². The van der Waals surface area contributed by atoms with Crippen molar-refractivity contribution < 1.29 is 0 Å². The Bertz CT molecular complexity index is 364. The monoisotopic (exact) mass is 245 g/mol. The molecule has 0 spiro atoms. The van der Waals surface area contributed by atoms with Gasteiger partial charge in [0.05, 0.1) is 0 Å². The molecule has 1 aliphatic heterocycles. The Labute approximate surface area is 112 Å². The van der Waals surface area contributed by atoms with Crippen LogP contribution in [0.3, 0.4) is 0 Å². The fourth-order valence-electron chi connectivity index (χ4n) is 2.86. The number of likely N-dealkylation sites (tertiary alicyclic amines) is 1. The summed E-state index contributed by atoms with van der Waals surface area (Å²) in [6.07, 6.45) is 3.80. The number of benzene rings is 1. The van der Waals surface area contributed by atoms with Gasteiger partial charge in [-0.25, -0.2) is 0 Å². The molecule has 1 heteroatoms. The first kappa shape index (κ1) is 13.6. The minimum Gasteiger partial charge on any atom is -0.306 e. The third-order valence-corrected chi connectivity index (χ3v) is 3.90. The van der Waals surface area contributed by atoms with E-state index in [0.717, 1.165) is 5.92 Å². The van der Waals surface area contributed by atoms with Crippen molar-refractivity contribution in [2.24, 2.45) is 5.41 Å². The second kappa shape index (κ2) is 5.44. The van der Waals surface area contributed by atoms with Crippen LogP contribution in [-0.4, -0.2) is 25.0 Å². The van der Waals surface area contributed by atoms with Crippen LogP contribution in [0.5, 0.6) is 0 Å². The first-order chi connectivity index (χ1) is 8.44. The molecule has 2 rings (SSSR count). The molecule has 1 aromatic rings. The van der Waals surface area contributed by atoms with Crippen molar-refractivity contribution in [3.05, 3.63) is 35.4 Å². The molecule has 1 aromatic carbocycles. The summed E-state index contributed by atoms with van der Waals surface area (Å²) < 4.78 is 0. The van der Waals surface area contributed by atoms with Gasteiger partial charge in [0, 0.05) is 0 Å². The molecule has 18 heavy (non-hydrogen) atoms. The first-order valence-electron chi connectivity index (χ1n) is 7.21. The van der Waals surface area contributed by atoms with Crippen LogP contribution in [0.1, 0.15) is 50.7 Å². The maximum Gasteiger partial charge on any atom is -0.00159 e. The van der Waals surface area contributed by atoms with Crippen molar-refractivity contribution in [1.29, 1.82) is 0 Å². The van der Waals surface area contributed by atoms with E-state index in [2.05, 4.69) is 57.0 Å². The fourth-order valence-corrected chi connectivity index (χ4v) is 2.86. The third kappa shape index (κ3) is 3.84. The van der Waals surface area contributed by atoms with E-state index in [1.165, 1.54) is 37.9 Å². The quantitative estimate of drug-likeness (QED) is 0.758. The molecule has 1 fully saturated rings. The zero-order valence-corrected chi connectivity index (χ0v) is 12.4. The van der Waals surface area contributed by atoms with Crippen LogP contribution < -0.4 is 0 Å². The molecule has 100 valence electrons. The molecule has 0 bridgehead atoms. The normalized spacial score (nSPS) is 19.1. The summed E-state index contributed by atoms with van der Waals surface area (Å²) in [4.78, 5) is 2.43. The van der Waals surface area contributed by atoms with Gasteiger partial charge in [-0.15, -0.1) is 0 Å². The lowest BCUT2D eigenvalue weighted by Crippen LogP contribution is -2.29. The van der Waals surface area contributed by atoms with E-state index in [9.17, 15) is 0 Å². The fraction of sp³-hybridized carbons (Fsp3) is 0.647. The number of hydrogen-bond acceptors (Lipinski definition) is 1. The second-order valence-electron chi connectivity index (χ2n) is 7.06.